The van der Waals surface area contributed by atoms with Gasteiger partial charge in [0.2, 0.25) is 0 Å². The third-order valence-corrected chi connectivity index (χ3v) is 2.45. The largest absolute Gasteiger partial charge is 0.573 e. The van der Waals surface area contributed by atoms with Crippen LogP contribution in [0.5, 0.6) is 17.2 Å². The van der Waals surface area contributed by atoms with Crippen LogP contribution < -0.4 is 15.2 Å². The molecule has 0 aliphatic heterocycles. The average Bonchev–Trinajstić information content (AvgIpc) is 2.34. The number of aryl methyl sites for hydroxylation is 1. The molecule has 6 heteroatoms. The number of rotatable bonds is 3. The van der Waals surface area contributed by atoms with Gasteiger partial charge < -0.3 is 15.2 Å². The van der Waals surface area contributed by atoms with Crippen LogP contribution >= 0.6 is 0 Å². The molecular formula is C14H12F3NO2. The van der Waals surface area contributed by atoms with E-state index in [1.54, 1.807) is 12.1 Å². The SMILES string of the molecule is Cc1ccc(N)c(Oc2ccc(OC(F)(F)F)cc2)c1. The molecule has 0 radical (unpaired) electrons. The second kappa shape index (κ2) is 5.32. The zero-order valence-corrected chi connectivity index (χ0v) is 10.6. The summed E-state index contributed by atoms with van der Waals surface area (Å²) in [6, 6.07) is 10.4. The highest BCUT2D eigenvalue weighted by Gasteiger charge is 2.30. The van der Waals surface area contributed by atoms with E-state index < -0.39 is 6.36 Å². The Hall–Kier alpha value is -2.37. The molecule has 0 bridgehead atoms. The first-order chi connectivity index (χ1) is 9.33. The quantitative estimate of drug-likeness (QED) is 0.856. The van der Waals surface area contributed by atoms with Crippen molar-refractivity contribution in [2.75, 3.05) is 5.73 Å². The molecule has 2 N–H and O–H groups in total. The molecule has 2 aromatic carbocycles. The number of halogens is 3. The van der Waals surface area contributed by atoms with Crippen LogP contribution in [0.2, 0.25) is 0 Å². The molecule has 0 aromatic heterocycles. The van der Waals surface area contributed by atoms with Gasteiger partial charge in [0, 0.05) is 0 Å². The van der Waals surface area contributed by atoms with Crippen molar-refractivity contribution in [1.82, 2.24) is 0 Å². The minimum Gasteiger partial charge on any atom is -0.455 e. The molecule has 20 heavy (non-hydrogen) atoms. The van der Waals surface area contributed by atoms with Gasteiger partial charge in [-0.25, -0.2) is 0 Å². The molecule has 0 atom stereocenters. The van der Waals surface area contributed by atoms with Crippen molar-refractivity contribution in [3.63, 3.8) is 0 Å². The molecule has 0 unspecified atom stereocenters. The van der Waals surface area contributed by atoms with Crippen LogP contribution in [0.15, 0.2) is 42.5 Å². The van der Waals surface area contributed by atoms with Gasteiger partial charge in [0.05, 0.1) is 5.69 Å². The van der Waals surface area contributed by atoms with Crippen LogP contribution in [0.1, 0.15) is 5.56 Å². The first-order valence-corrected chi connectivity index (χ1v) is 5.73. The Labute approximate surface area is 113 Å². The topological polar surface area (TPSA) is 44.5 Å². The van der Waals surface area contributed by atoms with Crippen molar-refractivity contribution >= 4 is 5.69 Å². The number of alkyl halides is 3. The van der Waals surface area contributed by atoms with Gasteiger partial charge in [0.25, 0.3) is 0 Å². The lowest BCUT2D eigenvalue weighted by molar-refractivity contribution is -0.274. The van der Waals surface area contributed by atoms with E-state index in [0.29, 0.717) is 17.2 Å². The van der Waals surface area contributed by atoms with E-state index in [1.165, 1.54) is 24.3 Å². The summed E-state index contributed by atoms with van der Waals surface area (Å²) < 4.78 is 45.3. The standard InChI is InChI=1S/C14H12F3NO2/c1-9-2-7-12(18)13(8-9)19-10-3-5-11(6-4-10)20-14(15,16)17/h2-8H,18H2,1H3. The molecule has 0 aliphatic rings. The number of nitrogens with two attached hydrogens (primary N) is 1. The summed E-state index contributed by atoms with van der Waals surface area (Å²) in [4.78, 5) is 0. The van der Waals surface area contributed by atoms with Crippen molar-refractivity contribution in [3.05, 3.63) is 48.0 Å². The van der Waals surface area contributed by atoms with E-state index in [0.717, 1.165) is 5.56 Å². The van der Waals surface area contributed by atoms with Crippen LogP contribution in [-0.2, 0) is 0 Å². The van der Waals surface area contributed by atoms with Gasteiger partial charge in [-0.05, 0) is 48.9 Å². The molecule has 0 fully saturated rings. The fourth-order valence-electron chi connectivity index (χ4n) is 1.57. The van der Waals surface area contributed by atoms with Crippen LogP contribution in [-0.4, -0.2) is 6.36 Å². The second-order valence-corrected chi connectivity index (χ2v) is 4.16. The van der Waals surface area contributed by atoms with E-state index in [9.17, 15) is 13.2 Å². The maximum Gasteiger partial charge on any atom is 0.573 e. The molecule has 0 saturated carbocycles. The lowest BCUT2D eigenvalue weighted by Crippen LogP contribution is -2.16. The smallest absolute Gasteiger partial charge is 0.455 e. The fraction of sp³-hybridized carbons (Fsp3) is 0.143. The summed E-state index contributed by atoms with van der Waals surface area (Å²) in [6.07, 6.45) is -4.71. The fourth-order valence-corrected chi connectivity index (χ4v) is 1.57. The van der Waals surface area contributed by atoms with Gasteiger partial charge in [-0.2, -0.15) is 0 Å². The van der Waals surface area contributed by atoms with Crippen molar-refractivity contribution < 1.29 is 22.6 Å². The first kappa shape index (κ1) is 14.0. The summed E-state index contributed by atoms with van der Waals surface area (Å²) >= 11 is 0. The molecule has 0 saturated heterocycles. The summed E-state index contributed by atoms with van der Waals surface area (Å²) in [5, 5.41) is 0. The highest BCUT2D eigenvalue weighted by atomic mass is 19.4. The van der Waals surface area contributed by atoms with Crippen LogP contribution in [0.3, 0.4) is 0 Å². The summed E-state index contributed by atoms with van der Waals surface area (Å²) in [7, 11) is 0. The lowest BCUT2D eigenvalue weighted by Gasteiger charge is -2.11. The van der Waals surface area contributed by atoms with E-state index in [4.69, 9.17) is 10.5 Å². The van der Waals surface area contributed by atoms with E-state index in [1.807, 2.05) is 13.0 Å². The number of nitrogen functional groups attached to an aromatic ring is 1. The van der Waals surface area contributed by atoms with Gasteiger partial charge in [-0.3, -0.25) is 0 Å². The Bertz CT molecular complexity index is 594. The zero-order chi connectivity index (χ0) is 14.8. The maximum absolute atomic E-state index is 12.0. The van der Waals surface area contributed by atoms with Crippen molar-refractivity contribution in [3.8, 4) is 17.2 Å². The Morgan fingerprint density at radius 1 is 0.950 bits per heavy atom. The number of ether oxygens (including phenoxy) is 2. The Morgan fingerprint density at radius 3 is 2.15 bits per heavy atom. The minimum absolute atomic E-state index is 0.304. The summed E-state index contributed by atoms with van der Waals surface area (Å²) in [5.74, 6) is 0.522. The van der Waals surface area contributed by atoms with E-state index in [2.05, 4.69) is 4.74 Å². The van der Waals surface area contributed by atoms with Crippen molar-refractivity contribution in [2.45, 2.75) is 13.3 Å². The molecule has 2 aromatic rings. The minimum atomic E-state index is -4.71. The number of benzene rings is 2. The molecule has 106 valence electrons. The molecule has 0 aliphatic carbocycles. The van der Waals surface area contributed by atoms with Crippen LogP contribution in [0.25, 0.3) is 0 Å². The Morgan fingerprint density at radius 2 is 1.55 bits per heavy atom. The zero-order valence-electron chi connectivity index (χ0n) is 10.6. The predicted molar refractivity (Wildman–Crippen MR) is 68.8 cm³/mol. The number of hydrogen-bond donors (Lipinski definition) is 1. The van der Waals surface area contributed by atoms with Gasteiger partial charge >= 0.3 is 6.36 Å². The van der Waals surface area contributed by atoms with Crippen LogP contribution in [0.4, 0.5) is 18.9 Å². The highest BCUT2D eigenvalue weighted by Crippen LogP contribution is 2.30. The average molecular weight is 283 g/mol. The van der Waals surface area contributed by atoms with Gasteiger partial charge in [-0.15, -0.1) is 13.2 Å². The van der Waals surface area contributed by atoms with Gasteiger partial charge in [-0.1, -0.05) is 6.07 Å². The maximum atomic E-state index is 12.0. The van der Waals surface area contributed by atoms with Crippen molar-refractivity contribution in [1.29, 1.82) is 0 Å². The van der Waals surface area contributed by atoms with Gasteiger partial charge in [0.15, 0.2) is 5.75 Å². The van der Waals surface area contributed by atoms with Crippen LogP contribution in [0, 0.1) is 6.92 Å². The third kappa shape index (κ3) is 3.81. The van der Waals surface area contributed by atoms with E-state index >= 15 is 0 Å². The molecule has 0 amide bonds. The van der Waals surface area contributed by atoms with Gasteiger partial charge in [0.1, 0.15) is 11.5 Å². The predicted octanol–water partition coefficient (Wildman–Crippen LogP) is 4.27. The molecule has 0 heterocycles. The second-order valence-electron chi connectivity index (χ2n) is 4.16. The number of hydrogen-bond acceptors (Lipinski definition) is 3. The summed E-state index contributed by atoms with van der Waals surface area (Å²) in [6.45, 7) is 1.88. The normalized spacial score (nSPS) is 11.2. The third-order valence-electron chi connectivity index (χ3n) is 2.45. The molecule has 0 spiro atoms. The first-order valence-electron chi connectivity index (χ1n) is 5.73. The van der Waals surface area contributed by atoms with Crippen molar-refractivity contribution in [2.24, 2.45) is 0 Å². The number of anilines is 1. The molecule has 2 rings (SSSR count). The molecular weight excluding hydrogens is 271 g/mol. The monoisotopic (exact) mass is 283 g/mol. The lowest BCUT2D eigenvalue weighted by atomic mass is 10.2. The van der Waals surface area contributed by atoms with E-state index in [-0.39, 0.29) is 5.75 Å². The highest BCUT2D eigenvalue weighted by molar-refractivity contribution is 5.55. The Balaban J connectivity index is 2.13. The Kier molecular flexibility index (Phi) is 3.74. The molecule has 3 nitrogen and oxygen atoms in total. The summed E-state index contributed by atoms with van der Waals surface area (Å²) in [5.41, 5.74) is 7.17.